The van der Waals surface area contributed by atoms with Crippen LogP contribution in [0.1, 0.15) is 13.3 Å². The van der Waals surface area contributed by atoms with Crippen molar-refractivity contribution in [2.45, 2.75) is 31.5 Å². The molecule has 0 aromatic carbocycles. The maximum atomic E-state index is 12.2. The zero-order chi connectivity index (χ0) is 21.7. The molecular formula is C16H27N5O6S. The third kappa shape index (κ3) is 10.5. The van der Waals surface area contributed by atoms with E-state index in [0.717, 1.165) is 19.3 Å². The van der Waals surface area contributed by atoms with Gasteiger partial charge in [0.05, 0.1) is 13.2 Å². The van der Waals surface area contributed by atoms with Gasteiger partial charge in [0.15, 0.2) is 0 Å². The molecule has 3 atom stereocenters. The van der Waals surface area contributed by atoms with Crippen molar-refractivity contribution < 1.29 is 28.7 Å². The van der Waals surface area contributed by atoms with Gasteiger partial charge in [-0.25, -0.2) is 4.79 Å². The molecule has 0 aliphatic heterocycles. The molecule has 0 fully saturated rings. The number of nitrogens with one attached hydrogen (secondary N) is 3. The Kier molecular flexibility index (Phi) is 12.3. The highest BCUT2D eigenvalue weighted by atomic mass is 32.2. The summed E-state index contributed by atoms with van der Waals surface area (Å²) >= 11 is 1.54. The normalized spacial score (nSPS) is 13.9. The van der Waals surface area contributed by atoms with E-state index in [1.807, 2.05) is 6.26 Å². The molecule has 0 aromatic heterocycles. The van der Waals surface area contributed by atoms with Gasteiger partial charge in [-0.3, -0.25) is 19.2 Å². The van der Waals surface area contributed by atoms with E-state index < -0.39 is 47.7 Å². The summed E-state index contributed by atoms with van der Waals surface area (Å²) in [4.78, 5) is 58.1. The maximum absolute atomic E-state index is 12.2. The minimum atomic E-state index is -1.22. The van der Waals surface area contributed by atoms with Crippen LogP contribution in [0, 0.1) is 0 Å². The Bertz CT molecular complexity index is 612. The molecule has 12 heteroatoms. The van der Waals surface area contributed by atoms with Crippen molar-refractivity contribution in [3.05, 3.63) is 12.2 Å². The summed E-state index contributed by atoms with van der Waals surface area (Å²) < 4.78 is 4.33. The summed E-state index contributed by atoms with van der Waals surface area (Å²) in [6, 6.07) is -2.94. The third-order valence-electron chi connectivity index (χ3n) is 3.43. The fourth-order valence-corrected chi connectivity index (χ4v) is 2.24. The highest BCUT2D eigenvalue weighted by Crippen LogP contribution is 1.99. The van der Waals surface area contributed by atoms with Crippen LogP contribution in [0.5, 0.6) is 0 Å². The van der Waals surface area contributed by atoms with Crippen molar-refractivity contribution in [2.75, 3.05) is 25.7 Å². The van der Waals surface area contributed by atoms with Crippen LogP contribution in [0.15, 0.2) is 12.2 Å². The van der Waals surface area contributed by atoms with E-state index in [0.29, 0.717) is 12.2 Å². The van der Waals surface area contributed by atoms with Gasteiger partial charge in [0.2, 0.25) is 23.6 Å². The van der Waals surface area contributed by atoms with Crippen LogP contribution in [-0.2, 0) is 28.7 Å². The first-order chi connectivity index (χ1) is 13.1. The molecule has 0 aromatic rings. The number of esters is 1. The van der Waals surface area contributed by atoms with E-state index in [2.05, 4.69) is 20.7 Å². The third-order valence-corrected chi connectivity index (χ3v) is 4.08. The Balaban J connectivity index is 4.62. The lowest BCUT2D eigenvalue weighted by Crippen LogP contribution is -2.56. The Morgan fingerprint density at radius 2 is 1.75 bits per heavy atom. The quantitative estimate of drug-likeness (QED) is 0.169. The van der Waals surface area contributed by atoms with Gasteiger partial charge in [0.1, 0.15) is 12.1 Å². The number of methoxy groups -OCH3 is 1. The molecule has 0 aliphatic rings. The van der Waals surface area contributed by atoms with Gasteiger partial charge in [-0.2, -0.15) is 11.8 Å². The number of carbonyl (C=O) groups excluding carboxylic acids is 5. The molecule has 0 aliphatic carbocycles. The van der Waals surface area contributed by atoms with Crippen LogP contribution in [0.3, 0.4) is 0 Å². The summed E-state index contributed by atoms with van der Waals surface area (Å²) in [7, 11) is 1.15. The van der Waals surface area contributed by atoms with Crippen molar-refractivity contribution in [3.63, 3.8) is 0 Å². The standard InChI is InChI=1S/C16H27N5O6S/c1-9(20-16(26)10(17)6-7-28-3)15(25)21-11(14(18)24)8-19-12(22)4-5-13(23)27-2/h4-5,9-11H,6-8,17H2,1-3H3,(H2,18,24)(H,19,22)(H,20,26)(H,21,25)/b5-4+/t9-,10-,11-/m0/s1. The number of rotatable bonds is 12. The first-order valence-electron chi connectivity index (χ1n) is 8.30. The van der Waals surface area contributed by atoms with Crippen LogP contribution < -0.4 is 27.4 Å². The Labute approximate surface area is 167 Å². The molecule has 0 rings (SSSR count). The molecule has 0 radical (unpaired) electrons. The molecular weight excluding hydrogens is 390 g/mol. The monoisotopic (exact) mass is 417 g/mol. The van der Waals surface area contributed by atoms with Crippen LogP contribution >= 0.6 is 11.8 Å². The lowest BCUT2D eigenvalue weighted by atomic mass is 10.2. The molecule has 11 nitrogen and oxygen atoms in total. The molecule has 0 heterocycles. The van der Waals surface area contributed by atoms with Crippen molar-refractivity contribution in [2.24, 2.45) is 11.5 Å². The first-order valence-corrected chi connectivity index (χ1v) is 9.70. The molecule has 0 saturated heterocycles. The second-order valence-electron chi connectivity index (χ2n) is 5.68. The van der Waals surface area contributed by atoms with Crippen LogP contribution in [0.4, 0.5) is 0 Å². The van der Waals surface area contributed by atoms with Crippen LogP contribution in [-0.4, -0.2) is 73.4 Å². The van der Waals surface area contributed by atoms with Crippen molar-refractivity contribution in [1.82, 2.24) is 16.0 Å². The summed E-state index contributed by atoms with van der Waals surface area (Å²) in [5.41, 5.74) is 10.9. The van der Waals surface area contributed by atoms with Gasteiger partial charge in [0, 0.05) is 18.7 Å². The van der Waals surface area contributed by atoms with Crippen molar-refractivity contribution in [1.29, 1.82) is 0 Å². The number of hydrogen-bond acceptors (Lipinski definition) is 8. The van der Waals surface area contributed by atoms with E-state index >= 15 is 0 Å². The number of carbonyl (C=O) groups is 5. The average Bonchev–Trinajstić information content (AvgIpc) is 2.66. The molecule has 0 bridgehead atoms. The second kappa shape index (κ2) is 13.6. The number of nitrogens with two attached hydrogens (primary N) is 2. The Morgan fingerprint density at radius 3 is 2.29 bits per heavy atom. The van der Waals surface area contributed by atoms with Gasteiger partial charge < -0.3 is 32.2 Å². The summed E-state index contributed by atoms with van der Waals surface area (Å²) in [6.45, 7) is 1.11. The van der Waals surface area contributed by atoms with E-state index in [4.69, 9.17) is 11.5 Å². The van der Waals surface area contributed by atoms with Crippen molar-refractivity contribution >= 4 is 41.4 Å². The summed E-state index contributed by atoms with van der Waals surface area (Å²) in [5.74, 6) is -2.77. The minimum absolute atomic E-state index is 0.306. The van der Waals surface area contributed by atoms with Gasteiger partial charge in [-0.1, -0.05) is 0 Å². The van der Waals surface area contributed by atoms with Gasteiger partial charge in [-0.15, -0.1) is 0 Å². The Morgan fingerprint density at radius 1 is 1.11 bits per heavy atom. The minimum Gasteiger partial charge on any atom is -0.466 e. The molecule has 0 saturated carbocycles. The molecule has 0 spiro atoms. The smallest absolute Gasteiger partial charge is 0.330 e. The SMILES string of the molecule is COC(=O)/C=C/C(=O)NC[C@H](NC(=O)[C@H](C)NC(=O)[C@@H](N)CCSC)C(N)=O. The van der Waals surface area contributed by atoms with Crippen LogP contribution in [0.25, 0.3) is 0 Å². The number of hydrogen-bond donors (Lipinski definition) is 5. The number of amides is 4. The molecule has 4 amide bonds. The number of ether oxygens (including phenoxy) is 1. The Hall–Kier alpha value is -2.60. The number of primary amides is 1. The average molecular weight is 417 g/mol. The lowest BCUT2D eigenvalue weighted by molar-refractivity contribution is -0.135. The predicted octanol–water partition coefficient (Wildman–Crippen LogP) is -2.61. The zero-order valence-electron chi connectivity index (χ0n) is 16.0. The van der Waals surface area contributed by atoms with Gasteiger partial charge in [0.25, 0.3) is 0 Å². The summed E-state index contributed by atoms with van der Waals surface area (Å²) in [5, 5.41) is 7.09. The molecule has 158 valence electrons. The molecule has 28 heavy (non-hydrogen) atoms. The molecule has 0 unspecified atom stereocenters. The van der Waals surface area contributed by atoms with Gasteiger partial charge in [-0.05, 0) is 25.4 Å². The predicted molar refractivity (Wildman–Crippen MR) is 104 cm³/mol. The van der Waals surface area contributed by atoms with Crippen molar-refractivity contribution in [3.8, 4) is 0 Å². The lowest BCUT2D eigenvalue weighted by Gasteiger charge is -2.20. The van der Waals surface area contributed by atoms with E-state index in [1.54, 1.807) is 11.8 Å². The second-order valence-corrected chi connectivity index (χ2v) is 6.67. The maximum Gasteiger partial charge on any atom is 0.330 e. The van der Waals surface area contributed by atoms with E-state index in [-0.39, 0.29) is 6.54 Å². The fourth-order valence-electron chi connectivity index (χ4n) is 1.75. The zero-order valence-corrected chi connectivity index (χ0v) is 16.8. The van der Waals surface area contributed by atoms with E-state index in [9.17, 15) is 24.0 Å². The highest BCUT2D eigenvalue weighted by molar-refractivity contribution is 7.98. The topological polar surface area (TPSA) is 183 Å². The molecule has 7 N–H and O–H groups in total. The first kappa shape index (κ1) is 25.4. The van der Waals surface area contributed by atoms with E-state index in [1.165, 1.54) is 6.92 Å². The highest BCUT2D eigenvalue weighted by Gasteiger charge is 2.24. The van der Waals surface area contributed by atoms with Gasteiger partial charge >= 0.3 is 5.97 Å². The van der Waals surface area contributed by atoms with Crippen LogP contribution in [0.2, 0.25) is 0 Å². The summed E-state index contributed by atoms with van der Waals surface area (Å²) in [6.07, 6.45) is 4.14. The number of thioether (sulfide) groups is 1. The largest absolute Gasteiger partial charge is 0.466 e. The fraction of sp³-hybridized carbons (Fsp3) is 0.562.